The summed E-state index contributed by atoms with van der Waals surface area (Å²) in [6.07, 6.45) is 1.30. The number of nitrogens with one attached hydrogen (secondary N) is 1. The first-order valence-electron chi connectivity index (χ1n) is 9.35. The molecule has 3 rings (SSSR count). The Balaban J connectivity index is 1.69. The normalized spacial score (nSPS) is 16.6. The number of fused-ring (bicyclic) bond motifs is 1. The zero-order valence-corrected chi connectivity index (χ0v) is 19.1. The number of amides is 2. The fraction of sp³-hybridized carbons (Fsp3) is 0.500. The van der Waals surface area contributed by atoms with Gasteiger partial charge in [0.05, 0.1) is 10.0 Å². The Morgan fingerprint density at radius 2 is 1.79 bits per heavy atom. The van der Waals surface area contributed by atoms with E-state index < -0.39 is 0 Å². The number of rotatable bonds is 4. The van der Waals surface area contributed by atoms with E-state index in [1.807, 2.05) is 6.92 Å². The van der Waals surface area contributed by atoms with Gasteiger partial charge in [0.25, 0.3) is 5.91 Å². The van der Waals surface area contributed by atoms with Gasteiger partial charge in [0.2, 0.25) is 5.91 Å². The molecule has 1 N–H and O–H groups in total. The van der Waals surface area contributed by atoms with E-state index in [2.05, 4.69) is 19.2 Å². The molecule has 0 radical (unpaired) electrons. The standard InChI is InChI=1S/C20H23Cl3N2O2S/c1-10(2)11(3)24-19(26)12-4-6-25(7-5-12)20(27)18-17(23)16-14(22)8-13(21)9-15(16)28-18/h8-12H,4-7H2,1-3H3,(H,24,26). The van der Waals surface area contributed by atoms with Crippen LogP contribution in [0.4, 0.5) is 0 Å². The minimum atomic E-state index is -0.118. The van der Waals surface area contributed by atoms with Crippen molar-refractivity contribution in [1.29, 1.82) is 0 Å². The highest BCUT2D eigenvalue weighted by atomic mass is 35.5. The van der Waals surface area contributed by atoms with Crippen LogP contribution in [0.1, 0.15) is 43.3 Å². The van der Waals surface area contributed by atoms with Crippen LogP contribution in [-0.2, 0) is 4.79 Å². The smallest absolute Gasteiger partial charge is 0.265 e. The number of carbonyl (C=O) groups is 2. The molecule has 152 valence electrons. The minimum Gasteiger partial charge on any atom is -0.353 e. The Hall–Kier alpha value is -1.01. The molecule has 1 aromatic carbocycles. The van der Waals surface area contributed by atoms with Crippen molar-refractivity contribution in [3.8, 4) is 0 Å². The van der Waals surface area contributed by atoms with Crippen molar-refractivity contribution in [2.45, 2.75) is 39.7 Å². The van der Waals surface area contributed by atoms with E-state index in [1.54, 1.807) is 17.0 Å². The molecule has 0 bridgehead atoms. The van der Waals surface area contributed by atoms with Gasteiger partial charge in [-0.3, -0.25) is 9.59 Å². The van der Waals surface area contributed by atoms with Crippen LogP contribution in [0.3, 0.4) is 0 Å². The number of nitrogens with zero attached hydrogens (tertiary/aromatic N) is 1. The molecule has 0 aliphatic carbocycles. The molecule has 1 unspecified atom stereocenters. The summed E-state index contributed by atoms with van der Waals surface area (Å²) >= 11 is 20.1. The second kappa shape index (κ2) is 8.78. The van der Waals surface area contributed by atoms with Gasteiger partial charge in [0.15, 0.2) is 0 Å². The Kier molecular flexibility index (Phi) is 6.80. The Bertz CT molecular complexity index is 904. The summed E-state index contributed by atoms with van der Waals surface area (Å²) in [5.74, 6) is 0.292. The summed E-state index contributed by atoms with van der Waals surface area (Å²) in [6.45, 7) is 7.25. The van der Waals surface area contributed by atoms with Crippen molar-refractivity contribution in [2.75, 3.05) is 13.1 Å². The predicted octanol–water partition coefficient (Wildman–Crippen LogP) is 5.87. The average Bonchev–Trinajstić information content (AvgIpc) is 2.97. The van der Waals surface area contributed by atoms with Crippen LogP contribution in [0.15, 0.2) is 12.1 Å². The summed E-state index contributed by atoms with van der Waals surface area (Å²) in [5.41, 5.74) is 0. The van der Waals surface area contributed by atoms with E-state index in [1.165, 1.54) is 11.3 Å². The van der Waals surface area contributed by atoms with Crippen LogP contribution < -0.4 is 5.32 Å². The van der Waals surface area contributed by atoms with E-state index in [9.17, 15) is 9.59 Å². The third-order valence-corrected chi connectivity index (χ3v) is 7.50. The Morgan fingerprint density at radius 3 is 2.39 bits per heavy atom. The van der Waals surface area contributed by atoms with Crippen LogP contribution in [0, 0.1) is 11.8 Å². The van der Waals surface area contributed by atoms with Gasteiger partial charge in [-0.2, -0.15) is 0 Å². The lowest BCUT2D eigenvalue weighted by atomic mass is 9.94. The largest absolute Gasteiger partial charge is 0.353 e. The molecule has 1 fully saturated rings. The lowest BCUT2D eigenvalue weighted by Gasteiger charge is -2.32. The van der Waals surface area contributed by atoms with E-state index in [-0.39, 0.29) is 23.8 Å². The molecule has 2 amide bonds. The van der Waals surface area contributed by atoms with Crippen molar-refractivity contribution in [3.63, 3.8) is 0 Å². The SMILES string of the molecule is CC(C)C(C)NC(=O)C1CCN(C(=O)c2sc3cc(Cl)cc(Cl)c3c2Cl)CC1. The average molecular weight is 462 g/mol. The number of thiophene rings is 1. The Labute approximate surface area is 184 Å². The van der Waals surface area contributed by atoms with E-state index in [0.29, 0.717) is 57.2 Å². The lowest BCUT2D eigenvalue weighted by Crippen LogP contribution is -2.45. The van der Waals surface area contributed by atoms with Crippen molar-refractivity contribution >= 4 is 68.0 Å². The number of likely N-dealkylation sites (tertiary alicyclic amines) is 1. The van der Waals surface area contributed by atoms with Crippen molar-refractivity contribution in [1.82, 2.24) is 10.2 Å². The summed E-state index contributed by atoms with van der Waals surface area (Å²) in [4.78, 5) is 27.7. The zero-order chi connectivity index (χ0) is 20.6. The maximum atomic E-state index is 13.0. The van der Waals surface area contributed by atoms with Crippen LogP contribution in [0.5, 0.6) is 0 Å². The first kappa shape index (κ1) is 21.7. The van der Waals surface area contributed by atoms with Gasteiger partial charge in [0.1, 0.15) is 4.88 Å². The Morgan fingerprint density at radius 1 is 1.14 bits per heavy atom. The summed E-state index contributed by atoms with van der Waals surface area (Å²) in [5, 5.41) is 5.06. The van der Waals surface area contributed by atoms with Gasteiger partial charge in [0, 0.05) is 40.2 Å². The molecule has 1 aromatic heterocycles. The molecule has 4 nitrogen and oxygen atoms in total. The van der Waals surface area contributed by atoms with Crippen molar-refractivity contribution in [2.24, 2.45) is 11.8 Å². The highest BCUT2D eigenvalue weighted by molar-refractivity contribution is 7.21. The summed E-state index contributed by atoms with van der Waals surface area (Å²) in [7, 11) is 0. The number of piperidine rings is 1. The van der Waals surface area contributed by atoms with Crippen LogP contribution in [-0.4, -0.2) is 35.8 Å². The molecule has 1 saturated heterocycles. The topological polar surface area (TPSA) is 49.4 Å². The number of hydrogen-bond acceptors (Lipinski definition) is 3. The van der Waals surface area contributed by atoms with Crippen LogP contribution >= 0.6 is 46.1 Å². The van der Waals surface area contributed by atoms with Crippen molar-refractivity contribution < 1.29 is 9.59 Å². The molecular weight excluding hydrogens is 439 g/mol. The lowest BCUT2D eigenvalue weighted by molar-refractivity contribution is -0.127. The minimum absolute atomic E-state index is 0.0589. The van der Waals surface area contributed by atoms with E-state index >= 15 is 0 Å². The van der Waals surface area contributed by atoms with Gasteiger partial charge in [-0.25, -0.2) is 0 Å². The zero-order valence-electron chi connectivity index (χ0n) is 16.0. The molecule has 1 aliphatic rings. The molecule has 1 aliphatic heterocycles. The fourth-order valence-electron chi connectivity index (χ4n) is 3.25. The molecule has 0 saturated carbocycles. The van der Waals surface area contributed by atoms with Gasteiger partial charge in [-0.1, -0.05) is 48.7 Å². The van der Waals surface area contributed by atoms with Crippen LogP contribution in [0.25, 0.3) is 10.1 Å². The molecule has 0 spiro atoms. The highest BCUT2D eigenvalue weighted by Gasteiger charge is 2.30. The summed E-state index contributed by atoms with van der Waals surface area (Å²) < 4.78 is 0.794. The number of benzene rings is 1. The van der Waals surface area contributed by atoms with Gasteiger partial charge < -0.3 is 10.2 Å². The fourth-order valence-corrected chi connectivity index (χ4v) is 5.59. The second-order valence-corrected chi connectivity index (χ2v) is 9.89. The van der Waals surface area contributed by atoms with Gasteiger partial charge >= 0.3 is 0 Å². The second-order valence-electron chi connectivity index (χ2n) is 7.61. The highest BCUT2D eigenvalue weighted by Crippen LogP contribution is 2.41. The molecule has 1 atom stereocenters. The number of halogens is 3. The monoisotopic (exact) mass is 460 g/mol. The molecule has 8 heteroatoms. The van der Waals surface area contributed by atoms with Gasteiger partial charge in [-0.05, 0) is 37.8 Å². The van der Waals surface area contributed by atoms with E-state index in [4.69, 9.17) is 34.8 Å². The van der Waals surface area contributed by atoms with E-state index in [0.717, 1.165) is 4.70 Å². The van der Waals surface area contributed by atoms with Crippen LogP contribution in [0.2, 0.25) is 15.1 Å². The number of hydrogen-bond donors (Lipinski definition) is 1. The maximum absolute atomic E-state index is 13.0. The quantitative estimate of drug-likeness (QED) is 0.618. The molecule has 28 heavy (non-hydrogen) atoms. The number of carbonyl (C=O) groups excluding carboxylic acids is 2. The third kappa shape index (κ3) is 4.43. The molecule has 2 aromatic rings. The summed E-state index contributed by atoms with van der Waals surface area (Å²) in [6, 6.07) is 3.53. The first-order valence-corrected chi connectivity index (χ1v) is 11.3. The first-order chi connectivity index (χ1) is 13.2. The predicted molar refractivity (Wildman–Crippen MR) is 118 cm³/mol. The molecular formula is C20H23Cl3N2O2S. The maximum Gasteiger partial charge on any atom is 0.265 e. The molecule has 2 heterocycles. The third-order valence-electron chi connectivity index (χ3n) is 5.37. The van der Waals surface area contributed by atoms with Gasteiger partial charge in [-0.15, -0.1) is 11.3 Å². The van der Waals surface area contributed by atoms with Crippen molar-refractivity contribution in [3.05, 3.63) is 32.1 Å².